The van der Waals surface area contributed by atoms with Gasteiger partial charge in [0.05, 0.1) is 8.80 Å². The van der Waals surface area contributed by atoms with Gasteiger partial charge >= 0.3 is 0 Å². The molecule has 0 aliphatic heterocycles. The fraction of sp³-hybridized carbons (Fsp3) is 0.556. The van der Waals surface area contributed by atoms with Crippen molar-refractivity contribution in [2.24, 2.45) is 0 Å². The molecule has 1 heteroatoms. The van der Waals surface area contributed by atoms with E-state index in [1.165, 1.54) is 5.57 Å². The summed E-state index contributed by atoms with van der Waals surface area (Å²) in [7, 11) is -0.559. The van der Waals surface area contributed by atoms with Crippen LogP contribution in [0.1, 0.15) is 20.3 Å². The summed E-state index contributed by atoms with van der Waals surface area (Å²) in [5, 5.41) is 1.67. The van der Waals surface area contributed by atoms with Gasteiger partial charge in [-0.15, -0.1) is 0 Å². The molecule has 0 aromatic rings. The summed E-state index contributed by atoms with van der Waals surface area (Å²) in [5.74, 6) is 0. The second-order valence-corrected chi connectivity index (χ2v) is 6.21. The fourth-order valence-corrected chi connectivity index (χ4v) is 3.76. The number of allylic oxidation sites excluding steroid dienone is 4. The van der Waals surface area contributed by atoms with Crippen LogP contribution in [0.2, 0.25) is 13.1 Å². The molecule has 1 rings (SSSR count). The minimum Gasteiger partial charge on any atom is -0.0697 e. The monoisotopic (exact) mass is 151 g/mol. The highest BCUT2D eigenvalue weighted by Crippen LogP contribution is 2.26. The second kappa shape index (κ2) is 2.75. The predicted molar refractivity (Wildman–Crippen MR) is 48.6 cm³/mol. The fourth-order valence-electron chi connectivity index (χ4n) is 1.70. The van der Waals surface area contributed by atoms with E-state index >= 15 is 0 Å². The van der Waals surface area contributed by atoms with E-state index in [4.69, 9.17) is 0 Å². The summed E-state index contributed by atoms with van der Waals surface area (Å²) < 4.78 is 0. The maximum absolute atomic E-state index is 3.38. The first-order valence-electron chi connectivity index (χ1n) is 3.90. The van der Waals surface area contributed by atoms with Crippen LogP contribution in [-0.2, 0) is 0 Å². The second-order valence-electron chi connectivity index (χ2n) is 3.33. The van der Waals surface area contributed by atoms with Crippen LogP contribution in [0.5, 0.6) is 0 Å². The van der Waals surface area contributed by atoms with Gasteiger partial charge in [-0.05, 0) is 31.9 Å². The van der Waals surface area contributed by atoms with Crippen molar-refractivity contribution < 1.29 is 0 Å². The molecule has 0 saturated heterocycles. The lowest BCUT2D eigenvalue weighted by Crippen LogP contribution is -2.06. The first kappa shape index (κ1) is 7.80. The largest absolute Gasteiger partial charge is 0.0697 e. The van der Waals surface area contributed by atoms with E-state index in [1.54, 1.807) is 10.8 Å². The molecular weight excluding hydrogens is 136 g/mol. The third kappa shape index (κ3) is 1.24. The minimum atomic E-state index is -0.559. The molecule has 0 fully saturated rings. The van der Waals surface area contributed by atoms with Gasteiger partial charge in [0.25, 0.3) is 0 Å². The average Bonchev–Trinajstić information content (AvgIpc) is 2.11. The molecule has 0 aromatic heterocycles. The molecule has 0 heterocycles. The Kier molecular flexibility index (Phi) is 2.14. The van der Waals surface area contributed by atoms with Crippen LogP contribution < -0.4 is 0 Å². The zero-order chi connectivity index (χ0) is 7.72. The highest BCUT2D eigenvalue weighted by atomic mass is 28.3. The van der Waals surface area contributed by atoms with Crippen molar-refractivity contribution in [3.63, 3.8) is 0 Å². The van der Waals surface area contributed by atoms with Gasteiger partial charge in [-0.25, -0.2) is 0 Å². The van der Waals surface area contributed by atoms with Crippen LogP contribution in [0.15, 0.2) is 16.3 Å². The lowest BCUT2D eigenvalue weighted by atomic mass is 10.3. The molecule has 1 radical (unpaired) electrons. The molecule has 0 atom stereocenters. The Morgan fingerprint density at radius 3 is 2.10 bits per heavy atom. The molecular formula is C9H15Si. The number of hydrogen-bond acceptors (Lipinski definition) is 0. The summed E-state index contributed by atoms with van der Waals surface area (Å²) in [6.07, 6.45) is 4.47. The molecule has 0 saturated carbocycles. The molecule has 0 nitrogen and oxygen atoms in total. The highest BCUT2D eigenvalue weighted by molar-refractivity contribution is 6.65. The molecule has 0 aromatic carbocycles. The van der Waals surface area contributed by atoms with E-state index in [-0.39, 0.29) is 0 Å². The molecule has 0 unspecified atom stereocenters. The summed E-state index contributed by atoms with van der Waals surface area (Å²) in [4.78, 5) is 0. The molecule has 55 valence electrons. The SMILES string of the molecule is CC1=[C]CC(C)=C1[SiH](C)C. The Balaban J connectivity index is 2.90. The Morgan fingerprint density at radius 1 is 1.30 bits per heavy atom. The van der Waals surface area contributed by atoms with Crippen LogP contribution in [0, 0.1) is 6.08 Å². The van der Waals surface area contributed by atoms with Crippen molar-refractivity contribution in [1.82, 2.24) is 0 Å². The van der Waals surface area contributed by atoms with Gasteiger partial charge in [-0.2, -0.15) is 0 Å². The zero-order valence-corrected chi connectivity index (χ0v) is 8.44. The minimum absolute atomic E-state index is 0.559. The maximum Gasteiger partial charge on any atom is 0.0650 e. The predicted octanol–water partition coefficient (Wildman–Crippen LogP) is 2.48. The Morgan fingerprint density at radius 2 is 1.90 bits per heavy atom. The van der Waals surface area contributed by atoms with Crippen LogP contribution in [0.4, 0.5) is 0 Å². The molecule has 1 aliphatic carbocycles. The van der Waals surface area contributed by atoms with Crippen LogP contribution in [0.25, 0.3) is 0 Å². The van der Waals surface area contributed by atoms with Gasteiger partial charge in [-0.3, -0.25) is 0 Å². The summed E-state index contributed by atoms with van der Waals surface area (Å²) in [5.41, 5.74) is 3.00. The quantitative estimate of drug-likeness (QED) is 0.505. The van der Waals surface area contributed by atoms with E-state index in [9.17, 15) is 0 Å². The molecule has 10 heavy (non-hydrogen) atoms. The Hall–Kier alpha value is -0.303. The van der Waals surface area contributed by atoms with E-state index < -0.39 is 8.80 Å². The van der Waals surface area contributed by atoms with E-state index in [2.05, 4.69) is 33.0 Å². The van der Waals surface area contributed by atoms with Crippen molar-refractivity contribution in [3.05, 3.63) is 22.4 Å². The average molecular weight is 151 g/mol. The molecule has 0 amide bonds. The van der Waals surface area contributed by atoms with Gasteiger partial charge in [-0.1, -0.05) is 23.9 Å². The smallest absolute Gasteiger partial charge is 0.0650 e. The first-order chi connectivity index (χ1) is 4.63. The standard InChI is InChI=1S/C9H15Si/c1-7-5-6-8(2)9(7)10(3)4/h10H,5H2,1-4H3. The topological polar surface area (TPSA) is 0 Å². The lowest BCUT2D eigenvalue weighted by Gasteiger charge is -2.08. The van der Waals surface area contributed by atoms with Gasteiger partial charge in [0.1, 0.15) is 0 Å². The van der Waals surface area contributed by atoms with Crippen molar-refractivity contribution in [3.8, 4) is 0 Å². The van der Waals surface area contributed by atoms with Crippen molar-refractivity contribution in [1.29, 1.82) is 0 Å². The van der Waals surface area contributed by atoms with Crippen LogP contribution in [-0.4, -0.2) is 8.80 Å². The van der Waals surface area contributed by atoms with E-state index in [0.29, 0.717) is 0 Å². The Bertz CT molecular complexity index is 197. The molecule has 1 aliphatic rings. The van der Waals surface area contributed by atoms with Crippen molar-refractivity contribution >= 4 is 8.80 Å². The summed E-state index contributed by atoms with van der Waals surface area (Å²) in [6.45, 7) is 9.20. The normalized spacial score (nSPS) is 18.7. The van der Waals surface area contributed by atoms with Crippen molar-refractivity contribution in [2.75, 3.05) is 0 Å². The number of hydrogen-bond donors (Lipinski definition) is 0. The summed E-state index contributed by atoms with van der Waals surface area (Å²) >= 11 is 0. The Labute approximate surface area is 65.3 Å². The van der Waals surface area contributed by atoms with Crippen LogP contribution >= 0.6 is 0 Å². The van der Waals surface area contributed by atoms with Crippen LogP contribution in [0.3, 0.4) is 0 Å². The summed E-state index contributed by atoms with van der Waals surface area (Å²) in [6, 6.07) is 0. The first-order valence-corrected chi connectivity index (χ1v) is 6.79. The van der Waals surface area contributed by atoms with Gasteiger partial charge < -0.3 is 0 Å². The third-order valence-corrected chi connectivity index (χ3v) is 4.14. The van der Waals surface area contributed by atoms with Crippen molar-refractivity contribution in [2.45, 2.75) is 33.4 Å². The van der Waals surface area contributed by atoms with Gasteiger partial charge in [0, 0.05) is 0 Å². The molecule has 0 spiro atoms. The third-order valence-electron chi connectivity index (χ3n) is 2.06. The van der Waals surface area contributed by atoms with E-state index in [0.717, 1.165) is 6.42 Å². The highest BCUT2D eigenvalue weighted by Gasteiger charge is 2.14. The van der Waals surface area contributed by atoms with Gasteiger partial charge in [0.15, 0.2) is 0 Å². The van der Waals surface area contributed by atoms with E-state index in [1.807, 2.05) is 0 Å². The maximum atomic E-state index is 3.38. The lowest BCUT2D eigenvalue weighted by molar-refractivity contribution is 1.22. The van der Waals surface area contributed by atoms with Gasteiger partial charge in [0.2, 0.25) is 0 Å². The molecule has 0 N–H and O–H groups in total. The molecule has 0 bridgehead atoms. The zero-order valence-electron chi connectivity index (χ0n) is 7.28. The number of rotatable bonds is 1.